The largest absolute Gasteiger partial charge is 0.342 e. The lowest BCUT2D eigenvalue weighted by atomic mass is 9.78. The van der Waals surface area contributed by atoms with E-state index in [2.05, 4.69) is 9.71 Å². The smallest absolute Gasteiger partial charge is 0.228 e. The van der Waals surface area contributed by atoms with E-state index in [9.17, 15) is 13.2 Å². The Balaban J connectivity index is 1.48. The topological polar surface area (TPSA) is 83.8 Å². The molecule has 0 unspecified atom stereocenters. The van der Waals surface area contributed by atoms with Gasteiger partial charge in [0.15, 0.2) is 0 Å². The van der Waals surface area contributed by atoms with Gasteiger partial charge in [0, 0.05) is 31.5 Å². The molecule has 1 amide bonds. The molecule has 1 aliphatic carbocycles. The van der Waals surface area contributed by atoms with E-state index in [-0.39, 0.29) is 17.9 Å². The Morgan fingerprint density at radius 3 is 2.93 bits per heavy atom. The van der Waals surface area contributed by atoms with Crippen molar-refractivity contribution in [3.63, 3.8) is 0 Å². The normalized spacial score (nSPS) is 25.7. The van der Waals surface area contributed by atoms with Gasteiger partial charge in [0.05, 0.1) is 18.4 Å². The van der Waals surface area contributed by atoms with Gasteiger partial charge in [0.1, 0.15) is 5.65 Å². The summed E-state index contributed by atoms with van der Waals surface area (Å²) < 4.78 is 28.1. The number of nitrogens with zero attached hydrogens (tertiary/aromatic N) is 3. The first-order valence-corrected chi connectivity index (χ1v) is 11.4. The zero-order valence-corrected chi connectivity index (χ0v) is 16.6. The van der Waals surface area contributed by atoms with Crippen LogP contribution in [-0.4, -0.2) is 54.0 Å². The molecule has 3 atom stereocenters. The summed E-state index contributed by atoms with van der Waals surface area (Å²) >= 11 is 0. The fourth-order valence-electron chi connectivity index (χ4n) is 4.70. The zero-order valence-electron chi connectivity index (χ0n) is 15.8. The van der Waals surface area contributed by atoms with Crippen molar-refractivity contribution >= 4 is 21.6 Å². The van der Waals surface area contributed by atoms with Crippen LogP contribution in [0, 0.1) is 18.8 Å². The summed E-state index contributed by atoms with van der Waals surface area (Å²) in [6, 6.07) is 3.91. The minimum Gasteiger partial charge on any atom is -0.342 e. The second-order valence-corrected chi connectivity index (χ2v) is 9.74. The number of aryl methyl sites for hydroxylation is 1. The average molecular weight is 391 g/mol. The number of hydrogen-bond acceptors (Lipinski definition) is 4. The number of nitrogens with one attached hydrogen (secondary N) is 1. The molecule has 1 saturated heterocycles. The average Bonchev–Trinajstić information content (AvgIpc) is 3.19. The highest BCUT2D eigenvalue weighted by molar-refractivity contribution is 7.88. The lowest BCUT2D eigenvalue weighted by molar-refractivity contribution is -0.129. The van der Waals surface area contributed by atoms with Gasteiger partial charge in [-0.15, -0.1) is 0 Å². The van der Waals surface area contributed by atoms with Gasteiger partial charge in [-0.25, -0.2) is 18.1 Å². The van der Waals surface area contributed by atoms with Gasteiger partial charge in [-0.2, -0.15) is 0 Å². The van der Waals surface area contributed by atoms with Crippen molar-refractivity contribution in [3.05, 3.63) is 35.8 Å². The molecule has 1 aliphatic heterocycles. The van der Waals surface area contributed by atoms with Crippen LogP contribution in [0.1, 0.15) is 30.5 Å². The fourth-order valence-corrected chi connectivity index (χ4v) is 5.54. The fraction of sp³-hybridized carbons (Fsp3) is 0.579. The van der Waals surface area contributed by atoms with Crippen LogP contribution >= 0.6 is 0 Å². The van der Waals surface area contributed by atoms with Gasteiger partial charge in [-0.1, -0.05) is 12.5 Å². The number of fused-ring (bicyclic) bond motifs is 2. The quantitative estimate of drug-likeness (QED) is 0.854. The first-order chi connectivity index (χ1) is 12.8. The SMILES string of the molecule is Cc1cccn2c(CC(=O)N3C[C@@H]4CCC[C@H](NS(C)(=O)=O)[C@@H]4C3)cnc12. The molecular weight excluding hydrogens is 364 g/mol. The standard InChI is InChI=1S/C19H26N4O3S/c1-13-5-4-8-23-15(10-20-19(13)23)9-18(24)22-11-14-6-3-7-17(16(14)12-22)21-27(2,25)26/h4-5,8,10,14,16-17,21H,3,6-7,9,11-12H2,1-2H3/t14-,16+,17-/m0/s1. The summed E-state index contributed by atoms with van der Waals surface area (Å²) in [5.41, 5.74) is 2.85. The lowest BCUT2D eigenvalue weighted by Crippen LogP contribution is -2.45. The van der Waals surface area contributed by atoms with Crippen molar-refractivity contribution in [2.45, 2.75) is 38.6 Å². The van der Waals surface area contributed by atoms with Crippen LogP contribution in [0.2, 0.25) is 0 Å². The van der Waals surface area contributed by atoms with Gasteiger partial charge in [-0.3, -0.25) is 4.79 Å². The number of imidazole rings is 1. The van der Waals surface area contributed by atoms with Crippen LogP contribution in [0.25, 0.3) is 5.65 Å². The van der Waals surface area contributed by atoms with Crippen molar-refractivity contribution < 1.29 is 13.2 Å². The van der Waals surface area contributed by atoms with Crippen molar-refractivity contribution in [3.8, 4) is 0 Å². The van der Waals surface area contributed by atoms with Crippen molar-refractivity contribution in [1.29, 1.82) is 0 Å². The monoisotopic (exact) mass is 390 g/mol. The molecule has 2 aromatic rings. The van der Waals surface area contributed by atoms with E-state index in [0.29, 0.717) is 18.9 Å². The molecule has 0 aromatic carbocycles. The molecule has 4 rings (SSSR count). The van der Waals surface area contributed by atoms with Crippen LogP contribution in [-0.2, 0) is 21.2 Å². The number of hydrogen-bond donors (Lipinski definition) is 1. The van der Waals surface area contributed by atoms with Crippen LogP contribution in [0.3, 0.4) is 0 Å². The summed E-state index contributed by atoms with van der Waals surface area (Å²) in [6.07, 6.45) is 8.15. The van der Waals surface area contributed by atoms with Gasteiger partial charge in [0.2, 0.25) is 15.9 Å². The first-order valence-electron chi connectivity index (χ1n) is 9.48. The second kappa shape index (κ2) is 6.91. The van der Waals surface area contributed by atoms with Gasteiger partial charge >= 0.3 is 0 Å². The number of likely N-dealkylation sites (tertiary alicyclic amines) is 1. The number of rotatable bonds is 4. The van der Waals surface area contributed by atoms with E-state index in [1.54, 1.807) is 6.20 Å². The number of amides is 1. The molecule has 0 spiro atoms. The van der Waals surface area contributed by atoms with Gasteiger partial charge in [0.25, 0.3) is 0 Å². The molecule has 3 heterocycles. The highest BCUT2D eigenvalue weighted by atomic mass is 32.2. The molecule has 1 N–H and O–H groups in total. The van der Waals surface area contributed by atoms with E-state index in [1.807, 2.05) is 34.6 Å². The molecule has 1 saturated carbocycles. The first kappa shape index (κ1) is 18.4. The Morgan fingerprint density at radius 2 is 2.15 bits per heavy atom. The van der Waals surface area contributed by atoms with E-state index in [1.165, 1.54) is 6.26 Å². The Morgan fingerprint density at radius 1 is 1.33 bits per heavy atom. The van der Waals surface area contributed by atoms with Crippen molar-refractivity contribution in [1.82, 2.24) is 19.0 Å². The van der Waals surface area contributed by atoms with Crippen LogP contribution in [0.15, 0.2) is 24.5 Å². The van der Waals surface area contributed by atoms with Crippen molar-refractivity contribution in [2.75, 3.05) is 19.3 Å². The Kier molecular flexibility index (Phi) is 4.71. The minimum absolute atomic E-state index is 0.0602. The summed E-state index contributed by atoms with van der Waals surface area (Å²) in [5.74, 6) is 0.680. The van der Waals surface area contributed by atoms with Gasteiger partial charge in [-0.05, 0) is 43.2 Å². The molecular formula is C19H26N4O3S. The van der Waals surface area contributed by atoms with E-state index < -0.39 is 10.0 Å². The molecule has 8 heteroatoms. The Hall–Kier alpha value is -1.93. The summed E-state index contributed by atoms with van der Waals surface area (Å²) in [7, 11) is -3.23. The Labute approximate surface area is 159 Å². The van der Waals surface area contributed by atoms with Crippen LogP contribution in [0.5, 0.6) is 0 Å². The molecule has 7 nitrogen and oxygen atoms in total. The molecule has 2 fully saturated rings. The number of pyridine rings is 1. The number of aromatic nitrogens is 2. The van der Waals surface area contributed by atoms with Crippen LogP contribution in [0.4, 0.5) is 0 Å². The molecule has 0 radical (unpaired) electrons. The third-order valence-corrected chi connectivity index (χ3v) is 6.69. The maximum atomic E-state index is 12.9. The molecule has 0 bridgehead atoms. The maximum Gasteiger partial charge on any atom is 0.228 e. The van der Waals surface area contributed by atoms with Crippen molar-refractivity contribution in [2.24, 2.45) is 11.8 Å². The number of carbonyl (C=O) groups excluding carboxylic acids is 1. The third-order valence-electron chi connectivity index (χ3n) is 5.96. The number of sulfonamides is 1. The summed E-state index contributed by atoms with van der Waals surface area (Å²) in [4.78, 5) is 19.3. The minimum atomic E-state index is -3.23. The summed E-state index contributed by atoms with van der Waals surface area (Å²) in [5, 5.41) is 0. The predicted molar refractivity (Wildman–Crippen MR) is 103 cm³/mol. The van der Waals surface area contributed by atoms with E-state index in [0.717, 1.165) is 42.7 Å². The van der Waals surface area contributed by atoms with E-state index >= 15 is 0 Å². The Bertz CT molecular complexity index is 968. The molecule has 27 heavy (non-hydrogen) atoms. The summed E-state index contributed by atoms with van der Waals surface area (Å²) in [6.45, 7) is 3.36. The molecule has 146 valence electrons. The molecule has 2 aromatic heterocycles. The number of carbonyl (C=O) groups is 1. The highest BCUT2D eigenvalue weighted by Gasteiger charge is 2.42. The molecule has 2 aliphatic rings. The zero-order chi connectivity index (χ0) is 19.2. The second-order valence-electron chi connectivity index (χ2n) is 7.96. The highest BCUT2D eigenvalue weighted by Crippen LogP contribution is 2.37. The van der Waals surface area contributed by atoms with E-state index in [4.69, 9.17) is 0 Å². The lowest BCUT2D eigenvalue weighted by Gasteiger charge is -2.32. The third kappa shape index (κ3) is 3.73. The van der Waals surface area contributed by atoms with Crippen LogP contribution < -0.4 is 4.72 Å². The van der Waals surface area contributed by atoms with Gasteiger partial charge < -0.3 is 9.30 Å². The predicted octanol–water partition coefficient (Wildman–Crippen LogP) is 1.36. The maximum absolute atomic E-state index is 12.9.